The van der Waals surface area contributed by atoms with E-state index in [1.54, 1.807) is 24.3 Å². The van der Waals surface area contributed by atoms with E-state index in [9.17, 15) is 19.2 Å². The van der Waals surface area contributed by atoms with Crippen LogP contribution in [-0.4, -0.2) is 37.0 Å². The molecule has 1 aromatic carbocycles. The largest absolute Gasteiger partial charge is 0.462 e. The minimum Gasteiger partial charge on any atom is -0.462 e. The van der Waals surface area contributed by atoms with Gasteiger partial charge in [-0.15, -0.1) is 22.7 Å². The first-order valence-corrected chi connectivity index (χ1v) is 20.7. The number of thiophene rings is 2. The highest BCUT2D eigenvalue weighted by atomic mass is 32.1. The first kappa shape index (κ1) is 39.7. The van der Waals surface area contributed by atoms with Crippen molar-refractivity contribution in [1.29, 1.82) is 0 Å². The van der Waals surface area contributed by atoms with E-state index in [4.69, 9.17) is 9.47 Å². The monoisotopic (exact) mass is 748 g/mol. The Balaban J connectivity index is 1.34. The molecular formula is C42H56N2O6S2. The van der Waals surface area contributed by atoms with E-state index in [1.165, 1.54) is 22.7 Å². The highest BCUT2D eigenvalue weighted by Gasteiger charge is 2.37. The summed E-state index contributed by atoms with van der Waals surface area (Å²) in [5, 5.41) is 7.05. The van der Waals surface area contributed by atoms with Crippen LogP contribution in [0.4, 0.5) is 10.0 Å². The van der Waals surface area contributed by atoms with Crippen LogP contribution in [0.15, 0.2) is 24.3 Å². The number of carbonyl (C=O) groups excluding carboxylic acids is 4. The van der Waals surface area contributed by atoms with E-state index in [2.05, 4.69) is 52.2 Å². The predicted octanol–water partition coefficient (Wildman–Crippen LogP) is 10.5. The highest BCUT2D eigenvalue weighted by Crippen LogP contribution is 2.47. The molecule has 2 aliphatic carbocycles. The van der Waals surface area contributed by atoms with Crippen molar-refractivity contribution in [2.45, 2.75) is 120 Å². The number of hydrogen-bond acceptors (Lipinski definition) is 8. The molecule has 2 heterocycles. The summed E-state index contributed by atoms with van der Waals surface area (Å²) in [6, 6.07) is 6.44. The fourth-order valence-corrected chi connectivity index (χ4v) is 9.97. The normalized spacial score (nSPS) is 17.2. The van der Waals surface area contributed by atoms with Crippen LogP contribution in [0.25, 0.3) is 0 Å². The van der Waals surface area contributed by atoms with Crippen LogP contribution in [0.3, 0.4) is 0 Å². The Morgan fingerprint density at radius 2 is 1.02 bits per heavy atom. The van der Waals surface area contributed by atoms with Gasteiger partial charge >= 0.3 is 11.9 Å². The molecule has 2 amide bonds. The molecule has 8 nitrogen and oxygen atoms in total. The molecule has 0 saturated heterocycles. The quantitative estimate of drug-likeness (QED) is 0.159. The number of benzene rings is 1. The van der Waals surface area contributed by atoms with Gasteiger partial charge in [-0.25, -0.2) is 9.59 Å². The summed E-state index contributed by atoms with van der Waals surface area (Å²) in [6.07, 6.45) is 8.84. The van der Waals surface area contributed by atoms with Crippen LogP contribution < -0.4 is 10.6 Å². The lowest BCUT2D eigenvalue weighted by molar-refractivity contribution is 0.0495. The third kappa shape index (κ3) is 8.49. The standard InChI is InChI=1S/C42H56N2O6S2/c1-9-21-49-39(47)33-29-19-17-27(41(5,6)11-3)23-31(29)51-37(33)43-35(45)25-13-15-26(16-14-25)36(46)44-38-34(40(48)50-22-10-2)30-20-18-28(24-32(30)52-38)42(7,8)12-4/h13-16,27-28H,9-12,17-24H2,1-8H3,(H,43,45)(H,44,46). The summed E-state index contributed by atoms with van der Waals surface area (Å²) in [5.74, 6) is -0.532. The predicted molar refractivity (Wildman–Crippen MR) is 211 cm³/mol. The molecule has 2 aliphatic rings. The van der Waals surface area contributed by atoms with Crippen molar-refractivity contribution >= 4 is 56.4 Å². The molecule has 2 aromatic heterocycles. The van der Waals surface area contributed by atoms with E-state index in [-0.39, 0.29) is 22.6 Å². The molecule has 2 unspecified atom stereocenters. The van der Waals surface area contributed by atoms with Crippen molar-refractivity contribution in [3.63, 3.8) is 0 Å². The van der Waals surface area contributed by atoms with Crippen LogP contribution in [-0.2, 0) is 35.2 Å². The first-order chi connectivity index (χ1) is 24.7. The zero-order valence-electron chi connectivity index (χ0n) is 32.2. The molecule has 2 N–H and O–H groups in total. The highest BCUT2D eigenvalue weighted by molar-refractivity contribution is 7.17. The molecule has 0 fully saturated rings. The van der Waals surface area contributed by atoms with Gasteiger partial charge in [-0.05, 0) is 109 Å². The number of anilines is 2. The molecule has 3 aromatic rings. The third-order valence-electron chi connectivity index (χ3n) is 11.7. The topological polar surface area (TPSA) is 111 Å². The van der Waals surface area contributed by atoms with Gasteiger partial charge in [0.15, 0.2) is 0 Å². The van der Waals surface area contributed by atoms with Crippen LogP contribution in [0, 0.1) is 22.7 Å². The number of hydrogen-bond donors (Lipinski definition) is 2. The van der Waals surface area contributed by atoms with Crippen molar-refractivity contribution in [2.24, 2.45) is 22.7 Å². The molecule has 5 rings (SSSR count). The van der Waals surface area contributed by atoms with Crippen LogP contribution in [0.1, 0.15) is 156 Å². The third-order valence-corrected chi connectivity index (χ3v) is 14.0. The lowest BCUT2D eigenvalue weighted by Crippen LogP contribution is -2.28. The van der Waals surface area contributed by atoms with E-state index in [0.29, 0.717) is 70.1 Å². The lowest BCUT2D eigenvalue weighted by Gasteiger charge is -2.36. The number of fused-ring (bicyclic) bond motifs is 2. The van der Waals surface area contributed by atoms with Crippen molar-refractivity contribution in [1.82, 2.24) is 0 Å². The number of nitrogens with one attached hydrogen (secondary N) is 2. The molecule has 52 heavy (non-hydrogen) atoms. The minimum absolute atomic E-state index is 0.180. The molecule has 0 saturated carbocycles. The number of carbonyl (C=O) groups is 4. The Bertz CT molecular complexity index is 1650. The zero-order valence-corrected chi connectivity index (χ0v) is 33.8. The summed E-state index contributed by atoms with van der Waals surface area (Å²) in [4.78, 5) is 56.0. The summed E-state index contributed by atoms with van der Waals surface area (Å²) in [7, 11) is 0. The second-order valence-electron chi connectivity index (χ2n) is 15.7. The Hall–Kier alpha value is -3.50. The Morgan fingerprint density at radius 1 is 0.654 bits per heavy atom. The van der Waals surface area contributed by atoms with Gasteiger partial charge in [0.05, 0.1) is 24.3 Å². The SMILES string of the molecule is CCCOC(=O)c1c(NC(=O)c2ccc(C(=O)Nc3sc4c(c3C(=O)OCCC)CCC(C(C)(C)CC)C4)cc2)sc2c1CCC(C(C)(C)CC)C2. The van der Waals surface area contributed by atoms with Crippen molar-refractivity contribution in [2.75, 3.05) is 23.8 Å². The molecule has 0 bridgehead atoms. The first-order valence-electron chi connectivity index (χ1n) is 19.1. The Kier molecular flexibility index (Phi) is 12.7. The summed E-state index contributed by atoms with van der Waals surface area (Å²) < 4.78 is 11.1. The van der Waals surface area contributed by atoms with Crippen molar-refractivity contribution < 1.29 is 28.7 Å². The minimum atomic E-state index is -0.396. The van der Waals surface area contributed by atoms with Gasteiger partial charge in [-0.1, -0.05) is 68.2 Å². The van der Waals surface area contributed by atoms with Gasteiger partial charge in [-0.3, -0.25) is 9.59 Å². The molecule has 2 atom stereocenters. The maximum Gasteiger partial charge on any atom is 0.341 e. The van der Waals surface area contributed by atoms with E-state index in [0.717, 1.165) is 72.2 Å². The molecule has 0 spiro atoms. The van der Waals surface area contributed by atoms with Crippen LogP contribution in [0.2, 0.25) is 0 Å². The molecule has 0 aliphatic heterocycles. The lowest BCUT2D eigenvalue weighted by atomic mass is 9.69. The maximum absolute atomic E-state index is 13.6. The average Bonchev–Trinajstić information content (AvgIpc) is 3.69. The fourth-order valence-electron chi connectivity index (χ4n) is 7.35. The second-order valence-corrected chi connectivity index (χ2v) is 17.9. The molecule has 10 heteroatoms. The summed E-state index contributed by atoms with van der Waals surface area (Å²) >= 11 is 2.95. The van der Waals surface area contributed by atoms with Gasteiger partial charge in [0.1, 0.15) is 10.0 Å². The van der Waals surface area contributed by atoms with Crippen LogP contribution >= 0.6 is 22.7 Å². The smallest absolute Gasteiger partial charge is 0.341 e. The Morgan fingerprint density at radius 3 is 1.35 bits per heavy atom. The van der Waals surface area contributed by atoms with Crippen molar-refractivity contribution in [3.05, 3.63) is 67.4 Å². The number of rotatable bonds is 14. The number of amides is 2. The van der Waals surface area contributed by atoms with E-state index >= 15 is 0 Å². The maximum atomic E-state index is 13.6. The zero-order chi connectivity index (χ0) is 37.8. The van der Waals surface area contributed by atoms with Crippen LogP contribution in [0.5, 0.6) is 0 Å². The molecule has 0 radical (unpaired) electrons. The van der Waals surface area contributed by atoms with Crippen molar-refractivity contribution in [3.8, 4) is 0 Å². The van der Waals surface area contributed by atoms with Gasteiger partial charge < -0.3 is 20.1 Å². The van der Waals surface area contributed by atoms with Gasteiger partial charge in [0, 0.05) is 20.9 Å². The van der Waals surface area contributed by atoms with E-state index in [1.807, 2.05) is 13.8 Å². The number of esters is 2. The summed E-state index contributed by atoms with van der Waals surface area (Å²) in [5.41, 5.74) is 4.02. The van der Waals surface area contributed by atoms with Gasteiger partial charge in [0.25, 0.3) is 11.8 Å². The van der Waals surface area contributed by atoms with E-state index < -0.39 is 11.9 Å². The van der Waals surface area contributed by atoms with Gasteiger partial charge in [-0.2, -0.15) is 0 Å². The average molecular weight is 749 g/mol. The molecular weight excluding hydrogens is 693 g/mol. The Labute approximate surface area is 317 Å². The summed E-state index contributed by atoms with van der Waals surface area (Å²) in [6.45, 7) is 18.2. The fraction of sp³-hybridized carbons (Fsp3) is 0.571. The number of ether oxygens (including phenoxy) is 2. The van der Waals surface area contributed by atoms with Gasteiger partial charge in [0.2, 0.25) is 0 Å². The molecule has 282 valence electrons. The second kappa shape index (κ2) is 16.7.